The predicted molar refractivity (Wildman–Crippen MR) is 60.2 cm³/mol. The average Bonchev–Trinajstić information content (AvgIpc) is 2.18. The molecule has 0 amide bonds. The van der Waals surface area contributed by atoms with Crippen LogP contribution < -0.4 is 4.90 Å². The zero-order chi connectivity index (χ0) is 10.8. The molecule has 0 aliphatic heterocycles. The van der Waals surface area contributed by atoms with Gasteiger partial charge in [-0.3, -0.25) is 0 Å². The smallest absolute Gasteiger partial charge is 0.225 e. The highest BCUT2D eigenvalue weighted by Gasteiger charge is 2.24. The number of hydrogen-bond donors (Lipinski definition) is 0. The normalized spacial score (nSPS) is 11.5. The van der Waals surface area contributed by atoms with Gasteiger partial charge < -0.3 is 4.90 Å². The Morgan fingerprint density at radius 2 is 1.86 bits per heavy atom. The number of nitrogens with zero attached hydrogens (tertiary/aromatic N) is 3. The quantitative estimate of drug-likeness (QED) is 0.752. The first-order valence-electron chi connectivity index (χ1n) is 4.25. The molecule has 0 saturated heterocycles. The van der Waals surface area contributed by atoms with E-state index in [1.807, 2.05) is 25.8 Å². The zero-order valence-corrected chi connectivity index (χ0v) is 9.97. The summed E-state index contributed by atoms with van der Waals surface area (Å²) in [6.45, 7) is 4.05. The van der Waals surface area contributed by atoms with Crippen LogP contribution in [0.15, 0.2) is 12.4 Å². The van der Waals surface area contributed by atoms with Gasteiger partial charge in [0, 0.05) is 12.9 Å². The number of aromatic nitrogens is 2. The van der Waals surface area contributed by atoms with Crippen LogP contribution in [0.5, 0.6) is 0 Å². The second-order valence-corrected chi connectivity index (χ2v) is 4.41. The van der Waals surface area contributed by atoms with E-state index in [9.17, 15) is 0 Å². The van der Waals surface area contributed by atoms with E-state index in [1.165, 1.54) is 0 Å². The largest absolute Gasteiger partial charge is 0.338 e. The van der Waals surface area contributed by atoms with Crippen LogP contribution in [-0.4, -0.2) is 28.4 Å². The lowest BCUT2D eigenvalue weighted by molar-refractivity contribution is 0.534. The average molecular weight is 234 g/mol. The van der Waals surface area contributed by atoms with Crippen LogP contribution in [0.2, 0.25) is 5.02 Å². The number of anilines is 1. The second-order valence-electron chi connectivity index (χ2n) is 3.71. The van der Waals surface area contributed by atoms with Gasteiger partial charge >= 0.3 is 0 Å². The van der Waals surface area contributed by atoms with E-state index in [0.717, 1.165) is 0 Å². The van der Waals surface area contributed by atoms with Crippen molar-refractivity contribution < 1.29 is 0 Å². The first-order valence-corrected chi connectivity index (χ1v) is 5.16. The molecule has 0 bridgehead atoms. The monoisotopic (exact) mass is 233 g/mol. The SMILES string of the molecule is CN(c1ncc(Cl)cn1)C(C)(C)CCl. The van der Waals surface area contributed by atoms with Crippen molar-refractivity contribution in [3.8, 4) is 0 Å². The van der Waals surface area contributed by atoms with Crippen molar-refractivity contribution >= 4 is 29.2 Å². The van der Waals surface area contributed by atoms with E-state index in [-0.39, 0.29) is 5.54 Å². The maximum Gasteiger partial charge on any atom is 0.225 e. The molecule has 0 saturated carbocycles. The third-order valence-electron chi connectivity index (χ3n) is 2.14. The predicted octanol–water partition coefficient (Wildman–Crippen LogP) is 2.58. The highest BCUT2D eigenvalue weighted by Crippen LogP contribution is 2.19. The van der Waals surface area contributed by atoms with Gasteiger partial charge in [0.25, 0.3) is 0 Å². The lowest BCUT2D eigenvalue weighted by atomic mass is 10.1. The fourth-order valence-corrected chi connectivity index (χ4v) is 1.12. The fraction of sp³-hybridized carbons (Fsp3) is 0.556. The third kappa shape index (κ3) is 2.49. The zero-order valence-electron chi connectivity index (χ0n) is 8.46. The van der Waals surface area contributed by atoms with Crippen molar-refractivity contribution in [3.63, 3.8) is 0 Å². The van der Waals surface area contributed by atoms with E-state index in [2.05, 4.69) is 9.97 Å². The van der Waals surface area contributed by atoms with Gasteiger partial charge in [0.2, 0.25) is 5.95 Å². The summed E-state index contributed by atoms with van der Waals surface area (Å²) in [6.07, 6.45) is 3.15. The Hall–Kier alpha value is -0.540. The second kappa shape index (κ2) is 4.32. The summed E-state index contributed by atoms with van der Waals surface area (Å²) < 4.78 is 0. The molecule has 0 spiro atoms. The topological polar surface area (TPSA) is 29.0 Å². The molecule has 0 aliphatic rings. The minimum Gasteiger partial charge on any atom is -0.338 e. The number of alkyl halides is 1. The first kappa shape index (κ1) is 11.5. The summed E-state index contributed by atoms with van der Waals surface area (Å²) >= 11 is 11.5. The van der Waals surface area contributed by atoms with E-state index in [0.29, 0.717) is 16.9 Å². The Kier molecular flexibility index (Phi) is 3.56. The van der Waals surface area contributed by atoms with E-state index >= 15 is 0 Å². The Morgan fingerprint density at radius 3 is 2.29 bits per heavy atom. The summed E-state index contributed by atoms with van der Waals surface area (Å²) in [6, 6.07) is 0. The Bertz CT molecular complexity index is 297. The van der Waals surface area contributed by atoms with Gasteiger partial charge in [-0.05, 0) is 13.8 Å². The van der Waals surface area contributed by atoms with E-state index in [1.54, 1.807) is 12.4 Å². The van der Waals surface area contributed by atoms with Crippen molar-refractivity contribution in [2.75, 3.05) is 17.8 Å². The molecule has 0 atom stereocenters. The van der Waals surface area contributed by atoms with E-state index < -0.39 is 0 Å². The standard InChI is InChI=1S/C9H13Cl2N3/c1-9(2,6-10)14(3)8-12-4-7(11)5-13-8/h4-5H,6H2,1-3H3. The molecule has 0 aliphatic carbocycles. The van der Waals surface area contributed by atoms with Gasteiger partial charge in [-0.1, -0.05) is 11.6 Å². The Labute approximate surface area is 94.1 Å². The number of rotatable bonds is 3. The summed E-state index contributed by atoms with van der Waals surface area (Å²) in [5.41, 5.74) is -0.171. The molecule has 0 N–H and O–H groups in total. The van der Waals surface area contributed by atoms with Crippen molar-refractivity contribution in [1.29, 1.82) is 0 Å². The molecule has 1 heterocycles. The highest BCUT2D eigenvalue weighted by atomic mass is 35.5. The molecular weight excluding hydrogens is 221 g/mol. The maximum absolute atomic E-state index is 5.85. The molecule has 1 rings (SSSR count). The maximum atomic E-state index is 5.85. The Balaban J connectivity index is 2.89. The molecule has 0 aromatic carbocycles. The molecule has 14 heavy (non-hydrogen) atoms. The Morgan fingerprint density at radius 1 is 1.36 bits per heavy atom. The third-order valence-corrected chi connectivity index (χ3v) is 2.99. The minimum atomic E-state index is -0.171. The van der Waals surface area contributed by atoms with Gasteiger partial charge in [0.05, 0.1) is 23.0 Å². The lowest BCUT2D eigenvalue weighted by Gasteiger charge is -2.33. The van der Waals surface area contributed by atoms with Gasteiger partial charge in [0.1, 0.15) is 0 Å². The minimum absolute atomic E-state index is 0.171. The summed E-state index contributed by atoms with van der Waals surface area (Å²) in [7, 11) is 1.91. The number of halogens is 2. The number of hydrogen-bond acceptors (Lipinski definition) is 3. The van der Waals surface area contributed by atoms with Crippen LogP contribution in [0.3, 0.4) is 0 Å². The molecule has 3 nitrogen and oxygen atoms in total. The van der Waals surface area contributed by atoms with Crippen LogP contribution in [0.1, 0.15) is 13.8 Å². The van der Waals surface area contributed by atoms with Gasteiger partial charge in [-0.25, -0.2) is 9.97 Å². The van der Waals surface area contributed by atoms with Crippen LogP contribution in [-0.2, 0) is 0 Å². The lowest BCUT2D eigenvalue weighted by Crippen LogP contribution is -2.43. The van der Waals surface area contributed by atoms with Gasteiger partial charge in [-0.2, -0.15) is 0 Å². The molecule has 1 aromatic heterocycles. The van der Waals surface area contributed by atoms with Crippen molar-refractivity contribution in [1.82, 2.24) is 9.97 Å². The van der Waals surface area contributed by atoms with Crippen LogP contribution in [0.4, 0.5) is 5.95 Å². The molecule has 0 radical (unpaired) electrons. The summed E-state index contributed by atoms with van der Waals surface area (Å²) in [4.78, 5) is 10.2. The molecular formula is C9H13Cl2N3. The van der Waals surface area contributed by atoms with Gasteiger partial charge in [-0.15, -0.1) is 11.6 Å². The summed E-state index contributed by atoms with van der Waals surface area (Å²) in [5, 5.41) is 0.533. The molecule has 5 heteroatoms. The van der Waals surface area contributed by atoms with Crippen LogP contribution in [0.25, 0.3) is 0 Å². The summed E-state index contributed by atoms with van der Waals surface area (Å²) in [5.74, 6) is 1.13. The molecule has 1 aromatic rings. The van der Waals surface area contributed by atoms with Crippen molar-refractivity contribution in [2.45, 2.75) is 19.4 Å². The first-order chi connectivity index (χ1) is 6.47. The van der Waals surface area contributed by atoms with Crippen LogP contribution in [0, 0.1) is 0 Å². The van der Waals surface area contributed by atoms with Crippen LogP contribution >= 0.6 is 23.2 Å². The van der Waals surface area contributed by atoms with Crippen molar-refractivity contribution in [2.24, 2.45) is 0 Å². The van der Waals surface area contributed by atoms with E-state index in [4.69, 9.17) is 23.2 Å². The van der Waals surface area contributed by atoms with Crippen molar-refractivity contribution in [3.05, 3.63) is 17.4 Å². The molecule has 78 valence electrons. The molecule has 0 fully saturated rings. The highest BCUT2D eigenvalue weighted by molar-refractivity contribution is 6.30. The van der Waals surface area contributed by atoms with Gasteiger partial charge in [0.15, 0.2) is 0 Å². The molecule has 0 unspecified atom stereocenters. The fourth-order valence-electron chi connectivity index (χ4n) is 0.839.